The van der Waals surface area contributed by atoms with E-state index in [0.717, 1.165) is 12.1 Å². The minimum Gasteiger partial charge on any atom is -0.389 e. The van der Waals surface area contributed by atoms with Crippen molar-refractivity contribution in [2.45, 2.75) is 24.9 Å². The van der Waals surface area contributed by atoms with Crippen LogP contribution < -0.4 is 0 Å². The van der Waals surface area contributed by atoms with Crippen molar-refractivity contribution < 1.29 is 18.6 Å². The van der Waals surface area contributed by atoms with Crippen LogP contribution in [0, 0.1) is 11.6 Å². The summed E-state index contributed by atoms with van der Waals surface area (Å²) in [6, 6.07) is 3.71. The summed E-state index contributed by atoms with van der Waals surface area (Å²) in [5, 5.41) is 10.1. The molecule has 16 heavy (non-hydrogen) atoms. The summed E-state index contributed by atoms with van der Waals surface area (Å²) in [6.07, 6.45) is 0. The predicted octanol–water partition coefficient (Wildman–Crippen LogP) is 2.00. The molecular formula is C12H14F2O2. The first-order chi connectivity index (χ1) is 7.37. The van der Waals surface area contributed by atoms with Crippen molar-refractivity contribution in [3.8, 4) is 0 Å². The van der Waals surface area contributed by atoms with Crippen LogP contribution in [0.2, 0.25) is 0 Å². The van der Waals surface area contributed by atoms with E-state index in [4.69, 9.17) is 4.74 Å². The van der Waals surface area contributed by atoms with Crippen LogP contribution in [0.15, 0.2) is 18.2 Å². The van der Waals surface area contributed by atoms with Crippen molar-refractivity contribution in [2.75, 3.05) is 13.2 Å². The molecule has 0 atom stereocenters. The van der Waals surface area contributed by atoms with Crippen LogP contribution in [0.3, 0.4) is 0 Å². The van der Waals surface area contributed by atoms with Gasteiger partial charge in [-0.05, 0) is 31.5 Å². The summed E-state index contributed by atoms with van der Waals surface area (Å²) in [4.78, 5) is 0. The molecule has 1 saturated heterocycles. The highest BCUT2D eigenvalue weighted by atomic mass is 19.2. The fraction of sp³-hybridized carbons (Fsp3) is 0.500. The molecule has 0 aromatic heterocycles. The Kier molecular flexibility index (Phi) is 2.51. The Morgan fingerprint density at radius 1 is 1.25 bits per heavy atom. The Bertz CT molecular complexity index is 406. The Morgan fingerprint density at radius 2 is 1.88 bits per heavy atom. The van der Waals surface area contributed by atoms with E-state index in [2.05, 4.69) is 0 Å². The van der Waals surface area contributed by atoms with E-state index in [1.807, 2.05) is 0 Å². The quantitative estimate of drug-likeness (QED) is 0.839. The maximum Gasteiger partial charge on any atom is 0.159 e. The average Bonchev–Trinajstić information content (AvgIpc) is 2.06. The van der Waals surface area contributed by atoms with E-state index in [1.54, 1.807) is 13.8 Å². The molecule has 0 amide bonds. The molecule has 1 aliphatic heterocycles. The highest BCUT2D eigenvalue weighted by molar-refractivity contribution is 5.32. The van der Waals surface area contributed by atoms with Gasteiger partial charge in [0.15, 0.2) is 11.6 Å². The van der Waals surface area contributed by atoms with Crippen molar-refractivity contribution >= 4 is 0 Å². The molecular weight excluding hydrogens is 214 g/mol. The normalized spacial score (nSPS) is 19.3. The second-order valence-corrected chi connectivity index (χ2v) is 4.76. The Labute approximate surface area is 92.9 Å². The molecule has 0 aliphatic carbocycles. The van der Waals surface area contributed by atoms with Gasteiger partial charge in [0, 0.05) is 0 Å². The highest BCUT2D eigenvalue weighted by Gasteiger charge is 2.51. The Hall–Kier alpha value is -1.00. The van der Waals surface area contributed by atoms with Crippen LogP contribution in [0.1, 0.15) is 19.4 Å². The molecule has 4 heteroatoms. The SMILES string of the molecule is CC(C)(O)C1(c2ccc(F)c(F)c2)COC1. The molecule has 1 N–H and O–H groups in total. The predicted molar refractivity (Wildman–Crippen MR) is 55.2 cm³/mol. The highest BCUT2D eigenvalue weighted by Crippen LogP contribution is 2.42. The third kappa shape index (κ3) is 1.53. The van der Waals surface area contributed by atoms with Gasteiger partial charge < -0.3 is 9.84 Å². The average molecular weight is 228 g/mol. The van der Waals surface area contributed by atoms with E-state index >= 15 is 0 Å². The van der Waals surface area contributed by atoms with Crippen molar-refractivity contribution in [2.24, 2.45) is 0 Å². The molecule has 0 unspecified atom stereocenters. The van der Waals surface area contributed by atoms with Crippen LogP contribution in [-0.4, -0.2) is 23.9 Å². The van der Waals surface area contributed by atoms with Gasteiger partial charge in [0.05, 0.1) is 24.2 Å². The molecule has 88 valence electrons. The molecule has 1 fully saturated rings. The number of benzene rings is 1. The van der Waals surface area contributed by atoms with Crippen molar-refractivity contribution in [3.63, 3.8) is 0 Å². The topological polar surface area (TPSA) is 29.5 Å². The lowest BCUT2D eigenvalue weighted by Gasteiger charge is -2.50. The monoisotopic (exact) mass is 228 g/mol. The molecule has 1 aromatic rings. The Balaban J connectivity index is 2.45. The van der Waals surface area contributed by atoms with Gasteiger partial charge in [-0.25, -0.2) is 8.78 Å². The van der Waals surface area contributed by atoms with Gasteiger partial charge in [0.1, 0.15) is 0 Å². The van der Waals surface area contributed by atoms with Gasteiger partial charge >= 0.3 is 0 Å². The number of aliphatic hydroxyl groups is 1. The summed E-state index contributed by atoms with van der Waals surface area (Å²) in [6.45, 7) is 3.94. The lowest BCUT2D eigenvalue weighted by Crippen LogP contribution is -2.60. The van der Waals surface area contributed by atoms with Gasteiger partial charge in [0.2, 0.25) is 0 Å². The van der Waals surface area contributed by atoms with Crippen LogP contribution in [0.5, 0.6) is 0 Å². The largest absolute Gasteiger partial charge is 0.389 e. The van der Waals surface area contributed by atoms with E-state index in [-0.39, 0.29) is 0 Å². The second kappa shape index (κ2) is 3.50. The molecule has 0 saturated carbocycles. The second-order valence-electron chi connectivity index (χ2n) is 4.76. The molecule has 1 aromatic carbocycles. The Morgan fingerprint density at radius 3 is 2.25 bits per heavy atom. The number of hydrogen-bond acceptors (Lipinski definition) is 2. The fourth-order valence-electron chi connectivity index (χ4n) is 1.97. The molecule has 1 heterocycles. The first kappa shape index (κ1) is 11.5. The number of rotatable bonds is 2. The minimum absolute atomic E-state index is 0.321. The van der Waals surface area contributed by atoms with Crippen molar-refractivity contribution in [3.05, 3.63) is 35.4 Å². The minimum atomic E-state index is -1.03. The van der Waals surface area contributed by atoms with Gasteiger partial charge in [-0.3, -0.25) is 0 Å². The maximum atomic E-state index is 13.2. The van der Waals surface area contributed by atoms with E-state index < -0.39 is 22.7 Å². The van der Waals surface area contributed by atoms with Gasteiger partial charge in [-0.15, -0.1) is 0 Å². The van der Waals surface area contributed by atoms with E-state index in [1.165, 1.54) is 6.07 Å². The lowest BCUT2D eigenvalue weighted by atomic mass is 9.67. The number of ether oxygens (including phenoxy) is 1. The van der Waals surface area contributed by atoms with Crippen molar-refractivity contribution in [1.29, 1.82) is 0 Å². The summed E-state index contributed by atoms with van der Waals surface area (Å²) in [5.74, 6) is -1.78. The molecule has 2 rings (SSSR count). The molecule has 0 spiro atoms. The van der Waals surface area contributed by atoms with E-state index in [9.17, 15) is 13.9 Å². The number of hydrogen-bond donors (Lipinski definition) is 1. The van der Waals surface area contributed by atoms with Crippen LogP contribution in [0.4, 0.5) is 8.78 Å². The van der Waals surface area contributed by atoms with Crippen LogP contribution in [-0.2, 0) is 10.2 Å². The lowest BCUT2D eigenvalue weighted by molar-refractivity contribution is -0.157. The van der Waals surface area contributed by atoms with Crippen molar-refractivity contribution in [1.82, 2.24) is 0 Å². The maximum absolute atomic E-state index is 13.2. The first-order valence-electron chi connectivity index (χ1n) is 5.12. The van der Waals surface area contributed by atoms with E-state index in [0.29, 0.717) is 18.8 Å². The standard InChI is InChI=1S/C12H14F2O2/c1-11(2,15)12(6-16-7-12)8-3-4-9(13)10(14)5-8/h3-5,15H,6-7H2,1-2H3. The molecule has 1 aliphatic rings. The zero-order valence-electron chi connectivity index (χ0n) is 9.26. The molecule has 0 radical (unpaired) electrons. The third-order valence-corrected chi connectivity index (χ3v) is 3.34. The zero-order chi connectivity index (χ0) is 12.0. The van der Waals surface area contributed by atoms with Gasteiger partial charge in [-0.1, -0.05) is 6.07 Å². The molecule has 2 nitrogen and oxygen atoms in total. The zero-order valence-corrected chi connectivity index (χ0v) is 9.26. The summed E-state index contributed by atoms with van der Waals surface area (Å²) in [7, 11) is 0. The van der Waals surface area contributed by atoms with Crippen LogP contribution >= 0.6 is 0 Å². The molecule has 0 bridgehead atoms. The first-order valence-corrected chi connectivity index (χ1v) is 5.12. The van der Waals surface area contributed by atoms with Gasteiger partial charge in [0.25, 0.3) is 0 Å². The number of halogens is 2. The van der Waals surface area contributed by atoms with Gasteiger partial charge in [-0.2, -0.15) is 0 Å². The third-order valence-electron chi connectivity index (χ3n) is 3.34. The van der Waals surface area contributed by atoms with Crippen LogP contribution in [0.25, 0.3) is 0 Å². The summed E-state index contributed by atoms with van der Waals surface area (Å²) < 4.78 is 31.1. The fourth-order valence-corrected chi connectivity index (χ4v) is 1.97. The summed E-state index contributed by atoms with van der Waals surface area (Å²) in [5.41, 5.74) is -1.10. The smallest absolute Gasteiger partial charge is 0.159 e. The summed E-state index contributed by atoms with van der Waals surface area (Å²) >= 11 is 0.